The molecular weight excluding hydrogens is 464 g/mol. The Morgan fingerprint density at radius 1 is 0.946 bits per heavy atom. The number of amides is 2. The van der Waals surface area contributed by atoms with Gasteiger partial charge in [0.25, 0.3) is 5.91 Å². The highest BCUT2D eigenvalue weighted by Gasteiger charge is 2.35. The lowest BCUT2D eigenvalue weighted by atomic mass is 10.0. The second-order valence-corrected chi connectivity index (χ2v) is 8.56. The van der Waals surface area contributed by atoms with Gasteiger partial charge in [0.05, 0.1) is 24.4 Å². The van der Waals surface area contributed by atoms with Crippen LogP contribution >= 0.6 is 0 Å². The number of hydrogen-bond acceptors (Lipinski definition) is 5. The summed E-state index contributed by atoms with van der Waals surface area (Å²) in [5.74, 6) is -0.770. The van der Waals surface area contributed by atoms with E-state index in [4.69, 9.17) is 0 Å². The highest BCUT2D eigenvalue weighted by Crippen LogP contribution is 2.30. The number of benzene rings is 2. The molecule has 0 saturated carbocycles. The third-order valence-corrected chi connectivity index (χ3v) is 6.11. The lowest BCUT2D eigenvalue weighted by molar-refractivity contribution is -0.122. The topological polar surface area (TPSA) is 104 Å². The summed E-state index contributed by atoms with van der Waals surface area (Å²) >= 11 is 0. The Balaban J connectivity index is 1.53. The van der Waals surface area contributed by atoms with Crippen LogP contribution in [0.15, 0.2) is 110 Å². The minimum absolute atomic E-state index is 0.256. The zero-order valence-electron chi connectivity index (χ0n) is 20.1. The van der Waals surface area contributed by atoms with Gasteiger partial charge in [-0.2, -0.15) is 0 Å². The SMILES string of the molecule is O=C(NCC1=CCCC=C1)C(c1cnccn1)N(C(=O)c1cnc[nH]1)c1ccc(-c2ccccc2)cc1. The summed E-state index contributed by atoms with van der Waals surface area (Å²) in [4.78, 5) is 44.4. The Kier molecular flexibility index (Phi) is 7.26. The predicted octanol–water partition coefficient (Wildman–Crippen LogP) is 4.65. The van der Waals surface area contributed by atoms with Crippen molar-refractivity contribution in [2.75, 3.05) is 11.4 Å². The Hall–Kier alpha value is -4.85. The van der Waals surface area contributed by atoms with E-state index < -0.39 is 11.9 Å². The molecule has 4 aromatic rings. The van der Waals surface area contributed by atoms with E-state index in [1.165, 1.54) is 36.0 Å². The van der Waals surface area contributed by atoms with E-state index in [0.717, 1.165) is 29.5 Å². The van der Waals surface area contributed by atoms with Gasteiger partial charge in [0, 0.05) is 24.6 Å². The number of rotatable bonds is 8. The molecule has 0 spiro atoms. The van der Waals surface area contributed by atoms with Crippen LogP contribution < -0.4 is 10.2 Å². The monoisotopic (exact) mass is 490 g/mol. The number of aromatic nitrogens is 4. The number of nitrogens with zero attached hydrogens (tertiary/aromatic N) is 4. The second kappa shape index (κ2) is 11.3. The van der Waals surface area contributed by atoms with Crippen molar-refractivity contribution >= 4 is 17.5 Å². The Morgan fingerprint density at radius 2 is 1.76 bits per heavy atom. The Labute approximate surface area is 214 Å². The molecule has 37 heavy (non-hydrogen) atoms. The number of carbonyl (C=O) groups excluding carboxylic acids is 2. The molecule has 2 heterocycles. The molecule has 2 aromatic carbocycles. The first-order valence-electron chi connectivity index (χ1n) is 12.1. The molecular formula is C29H26N6O2. The molecule has 0 aliphatic heterocycles. The van der Waals surface area contributed by atoms with Gasteiger partial charge < -0.3 is 10.3 Å². The first-order chi connectivity index (χ1) is 18.2. The van der Waals surface area contributed by atoms with Crippen molar-refractivity contribution in [1.82, 2.24) is 25.3 Å². The van der Waals surface area contributed by atoms with Crippen LogP contribution in [-0.2, 0) is 4.79 Å². The second-order valence-electron chi connectivity index (χ2n) is 8.56. The normalized spacial score (nSPS) is 13.5. The van der Waals surface area contributed by atoms with Crippen LogP contribution in [0.25, 0.3) is 11.1 Å². The lowest BCUT2D eigenvalue weighted by Crippen LogP contribution is -2.45. The van der Waals surface area contributed by atoms with Crippen LogP contribution in [-0.4, -0.2) is 38.3 Å². The maximum Gasteiger partial charge on any atom is 0.277 e. The summed E-state index contributed by atoms with van der Waals surface area (Å²) < 4.78 is 0. The van der Waals surface area contributed by atoms with Crippen molar-refractivity contribution in [2.24, 2.45) is 0 Å². The average Bonchev–Trinajstić information content (AvgIpc) is 3.51. The van der Waals surface area contributed by atoms with E-state index in [-0.39, 0.29) is 11.6 Å². The number of nitrogens with one attached hydrogen (secondary N) is 2. The van der Waals surface area contributed by atoms with Crippen molar-refractivity contribution in [2.45, 2.75) is 18.9 Å². The summed E-state index contributed by atoms with van der Waals surface area (Å²) in [6.07, 6.45) is 15.6. The number of anilines is 1. The molecule has 0 radical (unpaired) electrons. The first kappa shape index (κ1) is 23.9. The molecule has 8 heteroatoms. The maximum atomic E-state index is 13.8. The molecule has 0 fully saturated rings. The molecule has 1 aliphatic carbocycles. The van der Waals surface area contributed by atoms with Crippen molar-refractivity contribution in [3.8, 4) is 11.1 Å². The predicted molar refractivity (Wildman–Crippen MR) is 142 cm³/mol. The standard InChI is InChI=1S/C29H26N6O2/c36-28(33-17-21-7-3-1-4-8-21)27(25-18-30-15-16-32-25)35(29(37)26-19-31-20-34-26)24-13-11-23(12-14-24)22-9-5-2-6-10-22/h2-3,5-16,18-20,27H,1,4,17H2,(H,31,34)(H,33,36). The molecule has 2 amide bonds. The minimum atomic E-state index is -1.06. The molecule has 8 nitrogen and oxygen atoms in total. The fourth-order valence-corrected chi connectivity index (χ4v) is 4.25. The van der Waals surface area contributed by atoms with E-state index in [1.54, 1.807) is 0 Å². The lowest BCUT2D eigenvalue weighted by Gasteiger charge is -2.30. The van der Waals surface area contributed by atoms with Crippen molar-refractivity contribution in [3.05, 3.63) is 121 Å². The average molecular weight is 491 g/mol. The quantitative estimate of drug-likeness (QED) is 0.374. The van der Waals surface area contributed by atoms with Gasteiger partial charge in [-0.05, 0) is 41.7 Å². The van der Waals surface area contributed by atoms with Gasteiger partial charge in [-0.1, -0.05) is 60.7 Å². The molecule has 5 rings (SSSR count). The van der Waals surface area contributed by atoms with Crippen LogP contribution in [0, 0.1) is 0 Å². The van der Waals surface area contributed by atoms with Gasteiger partial charge in [-0.25, -0.2) is 4.98 Å². The molecule has 2 N–H and O–H groups in total. The van der Waals surface area contributed by atoms with Crippen molar-refractivity contribution < 1.29 is 9.59 Å². The smallest absolute Gasteiger partial charge is 0.277 e. The van der Waals surface area contributed by atoms with E-state index >= 15 is 0 Å². The van der Waals surface area contributed by atoms with Crippen LogP contribution in [0.1, 0.15) is 35.1 Å². The molecule has 1 atom stereocenters. The molecule has 184 valence electrons. The highest BCUT2D eigenvalue weighted by molar-refractivity contribution is 6.09. The zero-order valence-corrected chi connectivity index (χ0v) is 20.1. The Morgan fingerprint density at radius 3 is 2.43 bits per heavy atom. The van der Waals surface area contributed by atoms with Crippen LogP contribution in [0.3, 0.4) is 0 Å². The summed E-state index contributed by atoms with van der Waals surface area (Å²) in [5, 5.41) is 2.99. The minimum Gasteiger partial charge on any atom is -0.350 e. The molecule has 0 bridgehead atoms. The van der Waals surface area contributed by atoms with Gasteiger partial charge in [0.15, 0.2) is 6.04 Å². The number of allylic oxidation sites excluding steroid dienone is 2. The van der Waals surface area contributed by atoms with Gasteiger partial charge >= 0.3 is 0 Å². The van der Waals surface area contributed by atoms with Gasteiger partial charge in [0.2, 0.25) is 5.91 Å². The molecule has 0 saturated heterocycles. The summed E-state index contributed by atoms with van der Waals surface area (Å²) in [5.41, 5.74) is 4.23. The summed E-state index contributed by atoms with van der Waals surface area (Å²) in [6, 6.07) is 16.4. The van der Waals surface area contributed by atoms with Crippen molar-refractivity contribution in [3.63, 3.8) is 0 Å². The van der Waals surface area contributed by atoms with E-state index in [0.29, 0.717) is 17.9 Å². The van der Waals surface area contributed by atoms with E-state index in [9.17, 15) is 9.59 Å². The molecule has 1 aliphatic rings. The van der Waals surface area contributed by atoms with Gasteiger partial charge in [-0.3, -0.25) is 24.5 Å². The maximum absolute atomic E-state index is 13.8. The number of imidazole rings is 1. The third kappa shape index (κ3) is 5.54. The number of carbonyl (C=O) groups is 2. The third-order valence-electron chi connectivity index (χ3n) is 6.11. The van der Waals surface area contributed by atoms with E-state index in [1.807, 2.05) is 60.7 Å². The highest BCUT2D eigenvalue weighted by atomic mass is 16.2. The molecule has 1 unspecified atom stereocenters. The summed E-state index contributed by atoms with van der Waals surface area (Å²) in [6.45, 7) is 0.352. The Bertz CT molecular complexity index is 1400. The largest absolute Gasteiger partial charge is 0.350 e. The fourth-order valence-electron chi connectivity index (χ4n) is 4.25. The van der Waals surface area contributed by atoms with Crippen LogP contribution in [0.5, 0.6) is 0 Å². The summed E-state index contributed by atoms with van der Waals surface area (Å²) in [7, 11) is 0. The molecule has 2 aromatic heterocycles. The van der Waals surface area contributed by atoms with Crippen LogP contribution in [0.4, 0.5) is 5.69 Å². The number of hydrogen-bond donors (Lipinski definition) is 2. The van der Waals surface area contributed by atoms with Crippen molar-refractivity contribution in [1.29, 1.82) is 0 Å². The fraction of sp³-hybridized carbons (Fsp3) is 0.138. The van der Waals surface area contributed by atoms with Gasteiger partial charge in [0.1, 0.15) is 5.69 Å². The number of aromatic amines is 1. The van der Waals surface area contributed by atoms with E-state index in [2.05, 4.69) is 37.4 Å². The number of H-pyrrole nitrogens is 1. The van der Waals surface area contributed by atoms with Crippen LogP contribution in [0.2, 0.25) is 0 Å². The van der Waals surface area contributed by atoms with Gasteiger partial charge in [-0.15, -0.1) is 0 Å². The first-order valence-corrected chi connectivity index (χ1v) is 12.1. The zero-order chi connectivity index (χ0) is 25.5.